The van der Waals surface area contributed by atoms with Crippen LogP contribution in [0.4, 0.5) is 11.6 Å². The highest BCUT2D eigenvalue weighted by molar-refractivity contribution is 6.45. The molecule has 3 aliphatic heterocycles. The zero-order valence-electron chi connectivity index (χ0n) is 41.0. The lowest BCUT2D eigenvalue weighted by Gasteiger charge is -2.24. The predicted octanol–water partition coefficient (Wildman–Crippen LogP) is 12.1. The van der Waals surface area contributed by atoms with Crippen LogP contribution in [0.25, 0.3) is 27.8 Å². The number of nitrogens with two attached hydrogens (primary N) is 1. The molecular formula is C56H62N8O4. The van der Waals surface area contributed by atoms with Gasteiger partial charge in [-0.25, -0.2) is 20.0 Å². The molecule has 1 aromatic heterocycles. The normalized spacial score (nSPS) is 17.9. The molecule has 0 saturated carbocycles. The molecule has 0 atom stereocenters. The maximum absolute atomic E-state index is 10.5. The molecule has 350 valence electrons. The van der Waals surface area contributed by atoms with Crippen molar-refractivity contribution in [1.82, 2.24) is 10.3 Å². The number of phenolic OH excluding ortho intramolecular Hbond substituents is 4. The minimum absolute atomic E-state index is 0.125. The van der Waals surface area contributed by atoms with Crippen LogP contribution in [0, 0.1) is 16.2 Å². The van der Waals surface area contributed by atoms with Gasteiger partial charge in [0, 0.05) is 39.0 Å². The monoisotopic (exact) mass is 910 g/mol. The van der Waals surface area contributed by atoms with Gasteiger partial charge in [0.2, 0.25) is 0 Å². The van der Waals surface area contributed by atoms with E-state index in [0.717, 1.165) is 66.8 Å². The molecule has 68 heavy (non-hydrogen) atoms. The van der Waals surface area contributed by atoms with Crippen molar-refractivity contribution in [3.8, 4) is 34.1 Å². The van der Waals surface area contributed by atoms with Gasteiger partial charge in [0.25, 0.3) is 0 Å². The molecular weight excluding hydrogens is 849 g/mol. The van der Waals surface area contributed by atoms with Crippen molar-refractivity contribution in [3.63, 3.8) is 0 Å². The summed E-state index contributed by atoms with van der Waals surface area (Å²) in [5.74, 6) is 4.11. The van der Waals surface area contributed by atoms with Gasteiger partial charge in [0.15, 0.2) is 17.5 Å². The van der Waals surface area contributed by atoms with Gasteiger partial charge in [-0.05, 0) is 98.0 Å². The van der Waals surface area contributed by atoms with E-state index in [2.05, 4.69) is 93.4 Å². The molecule has 0 radical (unpaired) electrons. The molecule has 4 heterocycles. The van der Waals surface area contributed by atoms with Crippen LogP contribution in [-0.2, 0) is 5.41 Å². The molecule has 0 aliphatic carbocycles. The van der Waals surface area contributed by atoms with Crippen LogP contribution in [-0.4, -0.2) is 61.1 Å². The summed E-state index contributed by atoms with van der Waals surface area (Å²) in [6.07, 6.45) is 0. The van der Waals surface area contributed by atoms with E-state index in [-0.39, 0.29) is 33.8 Å². The molecule has 0 amide bonds. The minimum atomic E-state index is -0.525. The number of nitrogen functional groups attached to an aromatic ring is 1. The molecule has 0 fully saturated rings. The summed E-state index contributed by atoms with van der Waals surface area (Å²) in [5, 5.41) is 45.0. The number of anilines is 1. The standard InChI is InChI=1S/C56H62N8O4/c1-53(2,3)42-38(30-13-21-34(65)22-14-30)29-58-50(42)60-48-40(32-17-25-36(67)26-18-32)44(55(7,8)9)52(62-48)64-49-41(33-19-27-37(68)28-20-33)45(56(10,11)12)51(63-49)61-47-39(31-15-23-35(66)24-16-31)43(46(57)59-47)54(4,5)6/h13-28,59,65-68H,29,57H2,1-12H3,(H,58,60,61,62,63,64). The first-order chi connectivity index (χ1) is 31.8. The van der Waals surface area contributed by atoms with Crippen molar-refractivity contribution in [3.05, 3.63) is 136 Å². The van der Waals surface area contributed by atoms with Crippen LogP contribution in [0.5, 0.6) is 23.0 Å². The van der Waals surface area contributed by atoms with Crippen molar-refractivity contribution in [2.75, 3.05) is 12.3 Å². The largest absolute Gasteiger partial charge is 0.508 e. The fraction of sp³-hybridized carbons (Fsp3) is 0.304. The molecule has 12 heteroatoms. The number of H-pyrrole nitrogens is 1. The fourth-order valence-electron chi connectivity index (χ4n) is 9.31. The van der Waals surface area contributed by atoms with E-state index in [1.165, 1.54) is 0 Å². The molecule has 0 saturated heterocycles. The van der Waals surface area contributed by atoms with Crippen molar-refractivity contribution < 1.29 is 20.4 Å². The van der Waals surface area contributed by atoms with Crippen LogP contribution >= 0.6 is 0 Å². The predicted molar refractivity (Wildman–Crippen MR) is 279 cm³/mol. The van der Waals surface area contributed by atoms with Gasteiger partial charge in [-0.15, -0.1) is 0 Å². The minimum Gasteiger partial charge on any atom is -0.508 e. The quantitative estimate of drug-likeness (QED) is 0.0916. The number of aromatic amines is 1. The van der Waals surface area contributed by atoms with Gasteiger partial charge in [0.1, 0.15) is 46.3 Å². The first-order valence-corrected chi connectivity index (χ1v) is 22.9. The number of rotatable bonds is 5. The number of aromatic hydroxyl groups is 4. The Labute approximate surface area is 399 Å². The van der Waals surface area contributed by atoms with E-state index in [4.69, 9.17) is 30.7 Å². The maximum Gasteiger partial charge on any atom is 0.165 e. The average Bonchev–Trinajstić information content (AvgIpc) is 4.01. The SMILES string of the molecule is CC(C)(C)C1=C(c2ccc(O)cc2)CN=C1N=C1NC(=NC2=NC(=Nc3[nH]c(N)c(C(C)(C)C)c3-c3ccc(O)cc3)C(C(C)(C)C)=C2c2ccc(O)cc2)C(C(C)(C)C)=C1c1ccc(O)cc1. The topological polar surface area (TPSA) is 197 Å². The Balaban J connectivity index is 1.39. The van der Waals surface area contributed by atoms with Crippen LogP contribution in [0.3, 0.4) is 0 Å². The second-order valence-corrected chi connectivity index (χ2v) is 21.7. The third kappa shape index (κ3) is 9.15. The number of benzene rings is 4. The number of phenols is 4. The Morgan fingerprint density at radius 2 is 0.926 bits per heavy atom. The molecule has 0 unspecified atom stereocenters. The second-order valence-electron chi connectivity index (χ2n) is 21.7. The van der Waals surface area contributed by atoms with E-state index in [1.54, 1.807) is 48.5 Å². The van der Waals surface area contributed by atoms with Crippen LogP contribution in [0.1, 0.15) is 105 Å². The Bertz CT molecular complexity index is 3070. The zero-order chi connectivity index (χ0) is 49.2. The summed E-state index contributed by atoms with van der Waals surface area (Å²) in [6, 6.07) is 28.4. The van der Waals surface area contributed by atoms with Crippen molar-refractivity contribution >= 4 is 57.5 Å². The molecule has 3 aliphatic rings. The van der Waals surface area contributed by atoms with Crippen LogP contribution in [0.15, 0.2) is 139 Å². The molecule has 0 bridgehead atoms. The molecule has 4 aromatic carbocycles. The van der Waals surface area contributed by atoms with E-state index in [9.17, 15) is 20.4 Å². The lowest BCUT2D eigenvalue weighted by molar-refractivity contribution is 0.474. The highest BCUT2D eigenvalue weighted by Gasteiger charge is 2.40. The van der Waals surface area contributed by atoms with Crippen molar-refractivity contribution in [2.45, 2.75) is 88.5 Å². The first kappa shape index (κ1) is 47.0. The lowest BCUT2D eigenvalue weighted by Crippen LogP contribution is -2.29. The number of hydrogen-bond donors (Lipinski definition) is 7. The van der Waals surface area contributed by atoms with E-state index >= 15 is 0 Å². The molecule has 5 aromatic rings. The summed E-state index contributed by atoms with van der Waals surface area (Å²) in [5.41, 5.74) is 15.4. The highest BCUT2D eigenvalue weighted by Crippen LogP contribution is 2.47. The van der Waals surface area contributed by atoms with Gasteiger partial charge in [-0.2, -0.15) is 0 Å². The van der Waals surface area contributed by atoms with Crippen LogP contribution in [0.2, 0.25) is 0 Å². The summed E-state index contributed by atoms with van der Waals surface area (Å²) < 4.78 is 0. The Kier molecular flexibility index (Phi) is 11.8. The number of hydrogen-bond acceptors (Lipinski definition) is 9. The number of aromatic nitrogens is 1. The number of aliphatic imine (C=N–C) groups is 5. The van der Waals surface area contributed by atoms with Crippen molar-refractivity contribution in [2.24, 2.45) is 41.2 Å². The molecule has 8 rings (SSSR count). The Morgan fingerprint density at radius 3 is 1.40 bits per heavy atom. The lowest BCUT2D eigenvalue weighted by atomic mass is 9.81. The maximum atomic E-state index is 10.5. The second kappa shape index (κ2) is 17.0. The zero-order valence-corrected chi connectivity index (χ0v) is 41.0. The third-order valence-corrected chi connectivity index (χ3v) is 12.1. The molecule has 12 nitrogen and oxygen atoms in total. The van der Waals surface area contributed by atoms with Gasteiger partial charge in [-0.3, -0.25) is 4.99 Å². The average molecular weight is 911 g/mol. The first-order valence-electron chi connectivity index (χ1n) is 22.9. The third-order valence-electron chi connectivity index (χ3n) is 12.1. The van der Waals surface area contributed by atoms with Crippen LogP contribution < -0.4 is 11.1 Å². The number of nitrogens with zero attached hydrogens (tertiary/aromatic N) is 5. The molecule has 0 spiro atoms. The van der Waals surface area contributed by atoms with Gasteiger partial charge >= 0.3 is 0 Å². The van der Waals surface area contributed by atoms with Gasteiger partial charge < -0.3 is 36.5 Å². The fourth-order valence-corrected chi connectivity index (χ4v) is 9.31. The number of nitrogens with one attached hydrogen (secondary N) is 2. The molecule has 8 N–H and O–H groups in total. The smallest absolute Gasteiger partial charge is 0.165 e. The van der Waals surface area contributed by atoms with Crippen molar-refractivity contribution in [1.29, 1.82) is 0 Å². The van der Waals surface area contributed by atoms with Gasteiger partial charge in [-0.1, -0.05) is 132 Å². The Morgan fingerprint density at radius 1 is 0.485 bits per heavy atom. The number of amidine groups is 5. The van der Waals surface area contributed by atoms with E-state index < -0.39 is 10.8 Å². The van der Waals surface area contributed by atoms with Gasteiger partial charge in [0.05, 0.1) is 6.54 Å². The summed E-state index contributed by atoms with van der Waals surface area (Å²) in [4.78, 5) is 30.0. The van der Waals surface area contributed by atoms with E-state index in [0.29, 0.717) is 47.4 Å². The summed E-state index contributed by atoms with van der Waals surface area (Å²) in [7, 11) is 0. The summed E-state index contributed by atoms with van der Waals surface area (Å²) in [6.45, 7) is 25.9. The highest BCUT2D eigenvalue weighted by atomic mass is 16.3. The summed E-state index contributed by atoms with van der Waals surface area (Å²) >= 11 is 0. The Hall–Kier alpha value is -7.47. The van der Waals surface area contributed by atoms with E-state index in [1.807, 2.05) is 48.5 Å².